The fourth-order valence-electron chi connectivity index (χ4n) is 2.84. The van der Waals surface area contributed by atoms with Gasteiger partial charge in [-0.05, 0) is 33.6 Å². The number of amides is 1. The molecular weight excluding hydrogens is 244 g/mol. The number of nitrogens with zero attached hydrogens (tertiary/aromatic N) is 3. The molecule has 1 saturated heterocycles. The summed E-state index contributed by atoms with van der Waals surface area (Å²) in [5.74, 6) is 1.04. The van der Waals surface area contributed by atoms with E-state index in [4.69, 9.17) is 4.52 Å². The molecule has 1 aromatic heterocycles. The van der Waals surface area contributed by atoms with Gasteiger partial charge in [-0.15, -0.1) is 0 Å². The summed E-state index contributed by atoms with van der Waals surface area (Å²) in [4.78, 5) is 18.5. The van der Waals surface area contributed by atoms with Crippen molar-refractivity contribution < 1.29 is 9.32 Å². The van der Waals surface area contributed by atoms with Crippen molar-refractivity contribution in [2.45, 2.75) is 65.2 Å². The summed E-state index contributed by atoms with van der Waals surface area (Å²) in [6.45, 7) is 8.35. The quantitative estimate of drug-likeness (QED) is 0.888. The van der Waals surface area contributed by atoms with E-state index >= 15 is 0 Å². The third-order valence-corrected chi connectivity index (χ3v) is 3.84. The van der Waals surface area contributed by atoms with Crippen molar-refractivity contribution in [3.63, 3.8) is 0 Å². The van der Waals surface area contributed by atoms with Crippen molar-refractivity contribution in [3.8, 4) is 0 Å². The Hall–Kier alpha value is -1.43. The zero-order chi connectivity index (χ0) is 14.0. The van der Waals surface area contributed by atoms with Gasteiger partial charge in [-0.1, -0.05) is 5.16 Å². The molecule has 1 aliphatic heterocycles. The van der Waals surface area contributed by atoms with Gasteiger partial charge >= 0.3 is 0 Å². The lowest BCUT2D eigenvalue weighted by atomic mass is 10.2. The average molecular weight is 266 g/mol. The molecule has 106 valence electrons. The van der Waals surface area contributed by atoms with E-state index in [0.717, 1.165) is 12.8 Å². The number of likely N-dealkylation sites (tertiary alicyclic amines) is 1. The maximum absolute atomic E-state index is 12.2. The smallest absolute Gasteiger partial charge is 0.237 e. The summed E-state index contributed by atoms with van der Waals surface area (Å²) in [5.41, 5.74) is 0. The fourth-order valence-corrected chi connectivity index (χ4v) is 2.84. The molecule has 19 heavy (non-hydrogen) atoms. The Balaban J connectivity index is 1.88. The molecule has 6 nitrogen and oxygen atoms in total. The minimum absolute atomic E-state index is 0.0167. The molecule has 0 aromatic carbocycles. The number of carbonyl (C=O) groups excluding carboxylic acids is 1. The average Bonchev–Trinajstić information content (AvgIpc) is 2.92. The second kappa shape index (κ2) is 5.69. The van der Waals surface area contributed by atoms with Gasteiger partial charge in [0.15, 0.2) is 5.82 Å². The third-order valence-electron chi connectivity index (χ3n) is 3.84. The standard InChI is InChI=1S/C13H22N4O2/c1-8-5-6-9(2)17(8)10(3)13(18)14-7-12-15-11(4)19-16-12/h8-10H,5-7H2,1-4H3,(H,14,18)/t8-,9+,10-/m0/s1. The van der Waals surface area contributed by atoms with Crippen LogP contribution in [0.1, 0.15) is 45.3 Å². The molecule has 1 aromatic rings. The first kappa shape index (κ1) is 14.0. The van der Waals surface area contributed by atoms with Crippen LogP contribution in [0, 0.1) is 6.92 Å². The van der Waals surface area contributed by atoms with Crippen LogP contribution in [-0.4, -0.2) is 39.1 Å². The number of aromatic nitrogens is 2. The Labute approximate surface area is 113 Å². The lowest BCUT2D eigenvalue weighted by Crippen LogP contribution is -2.49. The topological polar surface area (TPSA) is 71.3 Å². The molecular formula is C13H22N4O2. The van der Waals surface area contributed by atoms with Gasteiger partial charge in [0.25, 0.3) is 0 Å². The molecule has 0 aliphatic carbocycles. The van der Waals surface area contributed by atoms with Crippen molar-refractivity contribution in [2.24, 2.45) is 0 Å². The highest BCUT2D eigenvalue weighted by molar-refractivity contribution is 5.81. The minimum atomic E-state index is -0.125. The van der Waals surface area contributed by atoms with E-state index in [1.165, 1.54) is 0 Å². The SMILES string of the molecule is Cc1nc(CNC(=O)[C@H](C)N2[C@H](C)CC[C@@H]2C)no1. The van der Waals surface area contributed by atoms with Crippen molar-refractivity contribution in [1.82, 2.24) is 20.4 Å². The predicted octanol–water partition coefficient (Wildman–Crippen LogP) is 1.26. The number of aryl methyl sites for hydroxylation is 1. The molecule has 1 fully saturated rings. The highest BCUT2D eigenvalue weighted by Crippen LogP contribution is 2.25. The normalized spacial score (nSPS) is 25.5. The molecule has 0 unspecified atom stereocenters. The summed E-state index contributed by atoms with van der Waals surface area (Å²) in [7, 11) is 0. The molecule has 3 atom stereocenters. The van der Waals surface area contributed by atoms with Gasteiger partial charge in [0.1, 0.15) is 0 Å². The third kappa shape index (κ3) is 3.12. The Morgan fingerprint density at radius 3 is 2.63 bits per heavy atom. The van der Waals surface area contributed by atoms with E-state index in [-0.39, 0.29) is 11.9 Å². The Kier molecular flexibility index (Phi) is 4.19. The molecule has 0 saturated carbocycles. The van der Waals surface area contributed by atoms with Crippen molar-refractivity contribution >= 4 is 5.91 Å². The van der Waals surface area contributed by atoms with E-state index in [1.54, 1.807) is 6.92 Å². The van der Waals surface area contributed by atoms with Gasteiger partial charge < -0.3 is 9.84 Å². The van der Waals surface area contributed by atoms with E-state index in [1.807, 2.05) is 6.92 Å². The van der Waals surface area contributed by atoms with Crippen LogP contribution in [0.15, 0.2) is 4.52 Å². The highest BCUT2D eigenvalue weighted by atomic mass is 16.5. The number of carbonyl (C=O) groups is 1. The predicted molar refractivity (Wildman–Crippen MR) is 70.3 cm³/mol. The molecule has 2 rings (SSSR count). The fraction of sp³-hybridized carbons (Fsp3) is 0.769. The summed E-state index contributed by atoms with van der Waals surface area (Å²) < 4.78 is 4.87. The second-order valence-electron chi connectivity index (χ2n) is 5.35. The lowest BCUT2D eigenvalue weighted by molar-refractivity contribution is -0.127. The first-order valence-electron chi connectivity index (χ1n) is 6.83. The van der Waals surface area contributed by atoms with Gasteiger partial charge in [-0.25, -0.2) is 0 Å². The van der Waals surface area contributed by atoms with Crippen molar-refractivity contribution in [2.75, 3.05) is 0 Å². The summed E-state index contributed by atoms with van der Waals surface area (Å²) >= 11 is 0. The largest absolute Gasteiger partial charge is 0.347 e. The van der Waals surface area contributed by atoms with Crippen molar-refractivity contribution in [3.05, 3.63) is 11.7 Å². The van der Waals surface area contributed by atoms with Crippen LogP contribution in [0.5, 0.6) is 0 Å². The summed E-state index contributed by atoms with van der Waals surface area (Å²) in [6, 6.07) is 0.798. The Bertz CT molecular complexity index is 436. The van der Waals surface area contributed by atoms with E-state index in [0.29, 0.717) is 30.3 Å². The van der Waals surface area contributed by atoms with Crippen molar-refractivity contribution in [1.29, 1.82) is 0 Å². The van der Waals surface area contributed by atoms with Crippen LogP contribution in [0.3, 0.4) is 0 Å². The Morgan fingerprint density at radius 2 is 2.11 bits per heavy atom. The molecule has 1 amide bonds. The summed E-state index contributed by atoms with van der Waals surface area (Å²) in [6.07, 6.45) is 2.31. The van der Waals surface area contributed by atoms with E-state index < -0.39 is 0 Å². The Morgan fingerprint density at radius 1 is 1.47 bits per heavy atom. The maximum Gasteiger partial charge on any atom is 0.237 e. The lowest BCUT2D eigenvalue weighted by Gasteiger charge is -2.31. The number of nitrogens with one attached hydrogen (secondary N) is 1. The molecule has 2 heterocycles. The van der Waals surface area contributed by atoms with Crippen LogP contribution in [0.4, 0.5) is 0 Å². The molecule has 0 spiro atoms. The molecule has 6 heteroatoms. The van der Waals surface area contributed by atoms with Gasteiger partial charge in [0, 0.05) is 19.0 Å². The molecule has 1 aliphatic rings. The molecule has 0 bridgehead atoms. The second-order valence-corrected chi connectivity index (χ2v) is 5.35. The monoisotopic (exact) mass is 266 g/mol. The van der Waals surface area contributed by atoms with E-state index in [2.05, 4.69) is 34.2 Å². The molecule has 1 N–H and O–H groups in total. The van der Waals surface area contributed by atoms with Crippen LogP contribution in [0.2, 0.25) is 0 Å². The van der Waals surface area contributed by atoms with Crippen LogP contribution < -0.4 is 5.32 Å². The number of hydrogen-bond donors (Lipinski definition) is 1. The zero-order valence-electron chi connectivity index (χ0n) is 12.0. The minimum Gasteiger partial charge on any atom is -0.347 e. The van der Waals surface area contributed by atoms with Crippen LogP contribution >= 0.6 is 0 Å². The number of rotatable bonds is 4. The number of hydrogen-bond acceptors (Lipinski definition) is 5. The van der Waals surface area contributed by atoms with Gasteiger partial charge in [-0.3, -0.25) is 9.69 Å². The first-order valence-corrected chi connectivity index (χ1v) is 6.83. The maximum atomic E-state index is 12.2. The van der Waals surface area contributed by atoms with Crippen LogP contribution in [0.25, 0.3) is 0 Å². The summed E-state index contributed by atoms with van der Waals surface area (Å²) in [5, 5.41) is 6.62. The first-order chi connectivity index (χ1) is 8.99. The van der Waals surface area contributed by atoms with Gasteiger partial charge in [-0.2, -0.15) is 4.98 Å². The van der Waals surface area contributed by atoms with Crippen LogP contribution in [-0.2, 0) is 11.3 Å². The molecule has 0 radical (unpaired) electrons. The highest BCUT2D eigenvalue weighted by Gasteiger charge is 2.34. The van der Waals surface area contributed by atoms with Gasteiger partial charge in [0.2, 0.25) is 11.8 Å². The zero-order valence-corrected chi connectivity index (χ0v) is 12.0. The van der Waals surface area contributed by atoms with E-state index in [9.17, 15) is 4.79 Å². The van der Waals surface area contributed by atoms with Gasteiger partial charge in [0.05, 0.1) is 12.6 Å².